The van der Waals surface area contributed by atoms with E-state index < -0.39 is 23.9 Å². The molecule has 2 amide bonds. The molecule has 216 valence electrons. The molecule has 4 heterocycles. The average Bonchev–Trinajstić information content (AvgIpc) is 3.61. The first kappa shape index (κ1) is 27.4. The number of amides is 2. The molecule has 42 heavy (non-hydrogen) atoms. The molecule has 1 aromatic heterocycles. The fourth-order valence-electron chi connectivity index (χ4n) is 5.26. The van der Waals surface area contributed by atoms with Gasteiger partial charge in [-0.1, -0.05) is 30.3 Å². The number of ether oxygens (including phenoxy) is 2. The Balaban J connectivity index is 1.31. The van der Waals surface area contributed by atoms with Gasteiger partial charge < -0.3 is 24.7 Å². The molecule has 0 radical (unpaired) electrons. The lowest BCUT2D eigenvalue weighted by molar-refractivity contribution is -0.123. The van der Waals surface area contributed by atoms with Gasteiger partial charge in [0.05, 0.1) is 18.2 Å². The number of aromatic nitrogens is 3. The number of aryl methyl sites for hydroxylation is 1. The first-order chi connectivity index (χ1) is 20.4. The topological polar surface area (TPSA) is 111 Å². The van der Waals surface area contributed by atoms with Gasteiger partial charge in [0.25, 0.3) is 11.8 Å². The second-order valence-electron chi connectivity index (χ2n) is 10.4. The van der Waals surface area contributed by atoms with Gasteiger partial charge in [-0.3, -0.25) is 14.5 Å². The van der Waals surface area contributed by atoms with Crippen molar-refractivity contribution in [3.8, 4) is 22.6 Å². The van der Waals surface area contributed by atoms with Gasteiger partial charge in [0.15, 0.2) is 6.61 Å². The molecule has 3 aromatic carbocycles. The van der Waals surface area contributed by atoms with E-state index in [0.29, 0.717) is 43.2 Å². The number of benzene rings is 3. The van der Waals surface area contributed by atoms with E-state index in [2.05, 4.69) is 25.7 Å². The zero-order valence-electron chi connectivity index (χ0n) is 23.1. The van der Waals surface area contributed by atoms with E-state index in [1.807, 2.05) is 41.8 Å². The monoisotopic (exact) mass is 570 g/mol. The highest BCUT2D eigenvalue weighted by atomic mass is 19.1. The summed E-state index contributed by atoms with van der Waals surface area (Å²) in [5, 5.41) is 14.2. The van der Waals surface area contributed by atoms with Crippen LogP contribution in [-0.2, 0) is 24.4 Å². The molecule has 2 N–H and O–H groups in total. The van der Waals surface area contributed by atoms with E-state index in [9.17, 15) is 9.59 Å². The molecule has 1 fully saturated rings. The van der Waals surface area contributed by atoms with Gasteiger partial charge >= 0.3 is 0 Å². The quantitative estimate of drug-likeness (QED) is 0.389. The minimum atomic E-state index is -0.624. The van der Waals surface area contributed by atoms with Gasteiger partial charge in [0, 0.05) is 26.2 Å². The third kappa shape index (κ3) is 6.10. The average molecular weight is 571 g/mol. The van der Waals surface area contributed by atoms with Crippen molar-refractivity contribution < 1.29 is 23.5 Å². The molecule has 0 saturated carbocycles. The van der Waals surface area contributed by atoms with Crippen molar-refractivity contribution in [2.45, 2.75) is 38.7 Å². The van der Waals surface area contributed by atoms with Crippen LogP contribution >= 0.6 is 0 Å². The first-order valence-electron chi connectivity index (χ1n) is 13.9. The summed E-state index contributed by atoms with van der Waals surface area (Å²) in [5.74, 6) is 0.515. The van der Waals surface area contributed by atoms with Crippen molar-refractivity contribution in [2.75, 3.05) is 19.7 Å². The Hall–Kier alpha value is -4.77. The smallest absolute Gasteiger partial charge is 0.258 e. The molecule has 1 saturated heterocycles. The number of halogens is 1. The van der Waals surface area contributed by atoms with Crippen LogP contribution in [0.15, 0.2) is 73.1 Å². The zero-order valence-corrected chi connectivity index (χ0v) is 23.1. The lowest BCUT2D eigenvalue weighted by atomic mass is 10.0. The van der Waals surface area contributed by atoms with E-state index >= 15 is 4.39 Å². The Kier molecular flexibility index (Phi) is 7.83. The van der Waals surface area contributed by atoms with Crippen LogP contribution in [0.1, 0.15) is 28.7 Å². The molecule has 6 bridgehead atoms. The van der Waals surface area contributed by atoms with Crippen molar-refractivity contribution in [1.82, 2.24) is 30.3 Å². The van der Waals surface area contributed by atoms with Crippen LogP contribution < -0.4 is 20.1 Å². The Morgan fingerprint density at radius 1 is 1.00 bits per heavy atom. The number of nitrogens with one attached hydrogen (secondary N) is 2. The van der Waals surface area contributed by atoms with Crippen molar-refractivity contribution in [3.05, 3.63) is 95.8 Å². The number of hydrogen-bond donors (Lipinski definition) is 2. The Morgan fingerprint density at radius 2 is 1.83 bits per heavy atom. The SMILES string of the molecule is CCn1cnnc1CN1C[C@@H]2NC(=O)c3cc(ccc3F)-c3cccc(c3)OCC(=O)NCc3ccc(cc3)O[C@H]2C1. The predicted octanol–water partition coefficient (Wildman–Crippen LogP) is 3.17. The molecule has 2 atom stereocenters. The molecule has 0 aliphatic carbocycles. The summed E-state index contributed by atoms with van der Waals surface area (Å²) in [6.07, 6.45) is 1.30. The second kappa shape index (κ2) is 12.0. The molecule has 4 aromatic rings. The van der Waals surface area contributed by atoms with Crippen LogP contribution in [0.25, 0.3) is 11.1 Å². The summed E-state index contributed by atoms with van der Waals surface area (Å²) in [4.78, 5) is 28.1. The summed E-state index contributed by atoms with van der Waals surface area (Å²) in [6.45, 7) is 4.49. The number of rotatable bonds is 3. The van der Waals surface area contributed by atoms with Gasteiger partial charge in [0.1, 0.15) is 35.6 Å². The number of hydrogen-bond acceptors (Lipinski definition) is 7. The van der Waals surface area contributed by atoms with Gasteiger partial charge in [-0.05, 0) is 60.0 Å². The van der Waals surface area contributed by atoms with E-state index in [1.54, 1.807) is 30.6 Å². The lowest BCUT2D eigenvalue weighted by Crippen LogP contribution is -2.45. The zero-order chi connectivity index (χ0) is 29.1. The molecular formula is C31H31FN6O4. The summed E-state index contributed by atoms with van der Waals surface area (Å²) < 4.78 is 29.0. The number of likely N-dealkylation sites (tertiary alicyclic amines) is 1. The molecule has 11 heteroatoms. The van der Waals surface area contributed by atoms with Crippen molar-refractivity contribution in [3.63, 3.8) is 0 Å². The third-order valence-corrected chi connectivity index (χ3v) is 7.51. The maximum absolute atomic E-state index is 15.0. The normalized spacial score (nSPS) is 19.3. The van der Waals surface area contributed by atoms with Crippen molar-refractivity contribution in [2.24, 2.45) is 0 Å². The second-order valence-corrected chi connectivity index (χ2v) is 10.4. The first-order valence-corrected chi connectivity index (χ1v) is 13.9. The summed E-state index contributed by atoms with van der Waals surface area (Å²) in [6, 6.07) is 18.6. The van der Waals surface area contributed by atoms with Crippen LogP contribution in [0.4, 0.5) is 4.39 Å². The molecule has 3 aliphatic heterocycles. The molecule has 3 aliphatic rings. The van der Waals surface area contributed by atoms with Gasteiger partial charge in [-0.25, -0.2) is 4.39 Å². The fraction of sp³-hybridized carbons (Fsp3) is 0.290. The van der Waals surface area contributed by atoms with Gasteiger partial charge in [-0.2, -0.15) is 0 Å². The molecule has 0 spiro atoms. The van der Waals surface area contributed by atoms with Crippen LogP contribution in [0.2, 0.25) is 0 Å². The van der Waals surface area contributed by atoms with Crippen LogP contribution in [-0.4, -0.2) is 63.3 Å². The highest BCUT2D eigenvalue weighted by Crippen LogP contribution is 2.27. The third-order valence-electron chi connectivity index (χ3n) is 7.51. The van der Waals surface area contributed by atoms with E-state index in [1.165, 1.54) is 12.1 Å². The summed E-state index contributed by atoms with van der Waals surface area (Å²) in [7, 11) is 0. The van der Waals surface area contributed by atoms with Gasteiger partial charge in [0.2, 0.25) is 0 Å². The highest BCUT2D eigenvalue weighted by Gasteiger charge is 2.36. The standard InChI is InChI=1S/C31H31FN6O4/c1-2-38-19-34-36-29(38)17-37-15-27-28(16-37)42-23-9-6-20(7-10-23)14-33-30(39)18-41-24-5-3-4-21(12-24)22-8-11-26(32)25(13-22)31(40)35-27/h3-13,19,27-28H,2,14-18H2,1H3,(H,33,39)(H,35,40)/t27-,28-/m0/s1. The Labute approximate surface area is 242 Å². The molecule has 0 unspecified atom stereocenters. The number of nitrogens with zero attached hydrogens (tertiary/aromatic N) is 4. The lowest BCUT2D eigenvalue weighted by Gasteiger charge is -2.22. The minimum Gasteiger partial charge on any atom is -0.487 e. The summed E-state index contributed by atoms with van der Waals surface area (Å²) in [5.41, 5.74) is 2.20. The minimum absolute atomic E-state index is 0.0696. The van der Waals surface area contributed by atoms with Crippen LogP contribution in [0.5, 0.6) is 11.5 Å². The fourth-order valence-corrected chi connectivity index (χ4v) is 5.26. The van der Waals surface area contributed by atoms with Crippen LogP contribution in [0, 0.1) is 5.82 Å². The number of fused-ring (bicyclic) bond motifs is 7. The largest absolute Gasteiger partial charge is 0.487 e. The molecule has 7 rings (SSSR count). The summed E-state index contributed by atoms with van der Waals surface area (Å²) >= 11 is 0. The van der Waals surface area contributed by atoms with Crippen LogP contribution in [0.3, 0.4) is 0 Å². The molecule has 10 nitrogen and oxygen atoms in total. The van der Waals surface area contributed by atoms with Gasteiger partial charge in [-0.15, -0.1) is 10.2 Å². The van der Waals surface area contributed by atoms with Crippen molar-refractivity contribution >= 4 is 11.8 Å². The maximum Gasteiger partial charge on any atom is 0.258 e. The Bertz CT molecular complexity index is 1590. The van der Waals surface area contributed by atoms with E-state index in [0.717, 1.165) is 23.5 Å². The predicted molar refractivity (Wildman–Crippen MR) is 152 cm³/mol. The highest BCUT2D eigenvalue weighted by molar-refractivity contribution is 5.96. The maximum atomic E-state index is 15.0. The Morgan fingerprint density at radius 3 is 2.67 bits per heavy atom. The molecular weight excluding hydrogens is 539 g/mol. The number of carbonyl (C=O) groups excluding carboxylic acids is 2. The van der Waals surface area contributed by atoms with E-state index in [-0.39, 0.29) is 18.1 Å². The number of carbonyl (C=O) groups is 2. The van der Waals surface area contributed by atoms with Crippen molar-refractivity contribution in [1.29, 1.82) is 0 Å². The van der Waals surface area contributed by atoms with E-state index in [4.69, 9.17) is 9.47 Å².